The maximum atomic E-state index is 14.5. The monoisotopic (exact) mass is 1470 g/mol. The molecule has 550 valence electrons. The molecular formula is C70H94Cl2N6O20S2. The van der Waals surface area contributed by atoms with E-state index in [2.05, 4.69) is 10.6 Å². The number of likely N-dealkylation sites (N-methyl/N-ethyl adjacent to an activating group) is 2. The van der Waals surface area contributed by atoms with Gasteiger partial charge in [0, 0.05) is 91.4 Å². The molecule has 0 unspecified atom stereocenters. The van der Waals surface area contributed by atoms with Gasteiger partial charge in [0.1, 0.15) is 81.5 Å². The highest BCUT2D eigenvalue weighted by Gasteiger charge is 2.66. The Bertz CT molecular complexity index is 3340. The maximum Gasteiger partial charge on any atom is 0.409 e. The van der Waals surface area contributed by atoms with Crippen molar-refractivity contribution in [3.63, 3.8) is 0 Å². The summed E-state index contributed by atoms with van der Waals surface area (Å²) >= 11 is 13.7. The maximum absolute atomic E-state index is 14.5. The molecule has 6 aliphatic rings. The summed E-state index contributed by atoms with van der Waals surface area (Å²) in [5.74, 6) is -3.52. The Hall–Kier alpha value is -6.60. The molecule has 6 heterocycles. The highest BCUT2D eigenvalue weighted by atomic mass is 35.5. The second-order valence-electron chi connectivity index (χ2n) is 27.0. The molecule has 6 amide bonds. The standard InChI is InChI=1S/C70H94Cl2N6O20S2/c1-37-19-17-21-51(91-15)69(87)35-49(93-65(85)73-69)39(3)61-67(7,97-61)53(33-57(81)77(11)45-29-43(27-37)31-47(89-13)59(45)71)95-63(83)41(5)75(9)55(79)23-25-99-100-26-24-56(80)76(10)42(6)64(84)96-54-34-58(82)78(12)46-30-44(32-48(90-14)60(46)72)28-38(2)20-18-22-52(92-16)70(88)36-50(94-66(86)74-70)40(4)62-68(54,8)98-62/h17-22,29-32,39-42,49-54,61-62,87-88H,23-28,33-36H2,1-16H3,(H,73,85)(H,74,86)/b21-17+,22-18+,37-19-,38-20+/t39-,40-,41+,42+,49+,50+,51-,52-,53+,54+,61+,62+,67+,68+,69+,70+/m1/s1. The number of carbonyl (C=O) groups is 8. The van der Waals surface area contributed by atoms with E-state index in [0.717, 1.165) is 22.3 Å². The van der Waals surface area contributed by atoms with Gasteiger partial charge in [-0.1, -0.05) is 106 Å². The van der Waals surface area contributed by atoms with E-state index in [1.807, 2.05) is 26.0 Å². The lowest BCUT2D eigenvalue weighted by molar-refractivity contribution is -0.162. The van der Waals surface area contributed by atoms with Crippen molar-refractivity contribution in [1.29, 1.82) is 0 Å². The topological polar surface area (TPSA) is 313 Å². The number of allylic oxidation sites excluding steroid dienone is 6. The number of epoxide rings is 2. The quantitative estimate of drug-likeness (QED) is 0.0381. The van der Waals surface area contributed by atoms with E-state index in [9.17, 15) is 48.6 Å². The van der Waals surface area contributed by atoms with Crippen molar-refractivity contribution in [2.24, 2.45) is 11.8 Å². The number of aliphatic hydroxyl groups is 2. The average Bonchev–Trinajstić information content (AvgIpc) is 1.58. The van der Waals surface area contributed by atoms with E-state index in [4.69, 9.17) is 70.6 Å². The van der Waals surface area contributed by atoms with Gasteiger partial charge in [-0.2, -0.15) is 0 Å². The SMILES string of the molecule is COc1cc2cc(c1Cl)N(C)C(=O)C[C@H](OC(=O)[C@H](C)N(C)C(=O)CCSSCCC(=O)N(C)[C@@H](C)C(=O)O[C@H]1CC(=O)N(C)c3cc(cc(OC)c3Cl)C/C(C)=C/C=C/[C@@H](OC)[C@@]3(O)C[C@H](OC(=O)N3)[C@@H](C)[C@@H]3O[C@@]13C)[C@]1(C)O[C@H]1[C@H](C)[C@@H]1C[C@@](O)(NC(=O)O1)[C@H](OC)/C=C/C=C(/C)C2. The van der Waals surface area contributed by atoms with Crippen LogP contribution in [0.1, 0.15) is 105 Å². The minimum Gasteiger partial charge on any atom is -0.495 e. The first kappa shape index (κ1) is 79.1. The van der Waals surface area contributed by atoms with Crippen molar-refractivity contribution >= 4 is 104 Å². The molecule has 0 spiro atoms. The highest BCUT2D eigenvalue weighted by Crippen LogP contribution is 2.51. The number of methoxy groups -OCH3 is 4. The van der Waals surface area contributed by atoms with Gasteiger partial charge >= 0.3 is 24.1 Å². The summed E-state index contributed by atoms with van der Waals surface area (Å²) in [6.45, 7) is 13.7. The molecule has 2 aromatic carbocycles. The number of halogens is 2. The summed E-state index contributed by atoms with van der Waals surface area (Å²) in [4.78, 5) is 117. The zero-order chi connectivity index (χ0) is 73.7. The Labute approximate surface area is 601 Å². The third kappa shape index (κ3) is 17.9. The molecular weight excluding hydrogens is 1380 g/mol. The smallest absolute Gasteiger partial charge is 0.409 e. The molecule has 2 aromatic rings. The molecule has 30 heteroatoms. The predicted octanol–water partition coefficient (Wildman–Crippen LogP) is 8.20. The van der Waals surface area contributed by atoms with Gasteiger partial charge in [-0.15, -0.1) is 0 Å². The second kappa shape index (κ2) is 32.8. The zero-order valence-corrected chi connectivity index (χ0v) is 62.5. The Morgan fingerprint density at radius 3 is 1.34 bits per heavy atom. The number of esters is 2. The van der Waals surface area contributed by atoms with E-state index in [1.165, 1.54) is 97.6 Å². The lowest BCUT2D eigenvalue weighted by atomic mass is 9.83. The number of nitrogens with one attached hydrogen (secondary N) is 2. The minimum absolute atomic E-state index is 0.0149. The van der Waals surface area contributed by atoms with Crippen molar-refractivity contribution in [3.05, 3.63) is 93.0 Å². The second-order valence-corrected chi connectivity index (χ2v) is 30.4. The number of carbonyl (C=O) groups excluding carboxylic acids is 8. The number of rotatable bonds is 17. The van der Waals surface area contributed by atoms with Crippen LogP contribution >= 0.6 is 44.8 Å². The molecule has 0 radical (unpaired) electrons. The summed E-state index contributed by atoms with van der Waals surface area (Å²) < 4.78 is 59.2. The van der Waals surface area contributed by atoms with Crippen LogP contribution in [0.15, 0.2) is 71.9 Å². The number of amides is 6. The number of fused-ring (bicyclic) bond motifs is 10. The van der Waals surface area contributed by atoms with Gasteiger partial charge in [-0.3, -0.25) is 29.8 Å². The van der Waals surface area contributed by atoms with Gasteiger partial charge in [0.15, 0.2) is 11.4 Å². The predicted molar refractivity (Wildman–Crippen MR) is 376 cm³/mol. The number of hydrogen-bond donors (Lipinski definition) is 4. The van der Waals surface area contributed by atoms with Gasteiger partial charge in [0.25, 0.3) is 0 Å². The number of anilines is 2. The molecule has 8 rings (SSSR count). The van der Waals surface area contributed by atoms with Crippen molar-refractivity contribution in [2.75, 3.05) is 77.9 Å². The number of nitrogens with zero attached hydrogens (tertiary/aromatic N) is 4. The Morgan fingerprint density at radius 2 is 1.00 bits per heavy atom. The number of alkyl carbamates (subject to hydrolysis) is 2. The van der Waals surface area contributed by atoms with Crippen molar-refractivity contribution in [1.82, 2.24) is 20.4 Å². The molecule has 0 saturated carbocycles. The largest absolute Gasteiger partial charge is 0.495 e. The van der Waals surface area contributed by atoms with E-state index in [0.29, 0.717) is 35.7 Å². The first-order valence-electron chi connectivity index (χ1n) is 33.0. The fourth-order valence-corrected chi connectivity index (χ4v) is 15.7. The highest BCUT2D eigenvalue weighted by molar-refractivity contribution is 8.76. The van der Waals surface area contributed by atoms with Crippen molar-refractivity contribution in [2.45, 2.75) is 190 Å². The fourth-order valence-electron chi connectivity index (χ4n) is 13.2. The molecule has 6 aliphatic heterocycles. The molecule has 0 aliphatic carbocycles. The van der Waals surface area contributed by atoms with Crippen LogP contribution < -0.4 is 29.9 Å². The summed E-state index contributed by atoms with van der Waals surface area (Å²) in [6.07, 6.45) is 0.390. The third-order valence-corrected chi connectivity index (χ3v) is 23.1. The zero-order valence-electron chi connectivity index (χ0n) is 59.4. The van der Waals surface area contributed by atoms with Crippen LogP contribution in [0.3, 0.4) is 0 Å². The van der Waals surface area contributed by atoms with Crippen molar-refractivity contribution < 1.29 is 95.9 Å². The van der Waals surface area contributed by atoms with Crippen LogP contribution in [0.4, 0.5) is 21.0 Å². The van der Waals surface area contributed by atoms with Crippen LogP contribution in [-0.4, -0.2) is 219 Å². The Kier molecular flexibility index (Phi) is 25.9. The van der Waals surface area contributed by atoms with Gasteiger partial charge in [0.05, 0.1) is 50.6 Å². The lowest BCUT2D eigenvalue weighted by Gasteiger charge is -2.42. The molecule has 26 nitrogen and oxygen atoms in total. The fraction of sp³-hybridized carbons (Fsp3) is 0.600. The van der Waals surface area contributed by atoms with E-state index in [-0.39, 0.29) is 47.2 Å². The summed E-state index contributed by atoms with van der Waals surface area (Å²) in [7, 11) is 14.4. The molecule has 100 heavy (non-hydrogen) atoms. The number of ether oxygens (including phenoxy) is 10. The average molecular weight is 1470 g/mol. The summed E-state index contributed by atoms with van der Waals surface area (Å²) in [5, 5.41) is 29.3. The molecule has 4 N–H and O–H groups in total. The van der Waals surface area contributed by atoms with Crippen LogP contribution in [0.5, 0.6) is 11.5 Å². The van der Waals surface area contributed by atoms with Gasteiger partial charge in [-0.05, 0) is 89.8 Å². The van der Waals surface area contributed by atoms with E-state index in [1.54, 1.807) is 90.4 Å². The molecule has 0 aromatic heterocycles. The normalized spacial score (nSPS) is 32.5. The van der Waals surface area contributed by atoms with Crippen LogP contribution in [-0.2, 0) is 79.5 Å². The third-order valence-electron chi connectivity index (χ3n) is 19.9. The summed E-state index contributed by atoms with van der Waals surface area (Å²) in [6, 6.07) is 4.75. The number of benzene rings is 2. The number of hydrogen-bond acceptors (Lipinski definition) is 22. The van der Waals surface area contributed by atoms with Crippen molar-refractivity contribution in [3.8, 4) is 11.5 Å². The first-order valence-corrected chi connectivity index (χ1v) is 36.3. The molecule has 8 bridgehead atoms. The first-order chi connectivity index (χ1) is 47.1. The molecule has 4 saturated heterocycles. The van der Waals surface area contributed by atoms with Crippen LogP contribution in [0.2, 0.25) is 10.0 Å². The van der Waals surface area contributed by atoms with Crippen LogP contribution in [0, 0.1) is 11.8 Å². The Morgan fingerprint density at radius 1 is 0.640 bits per heavy atom. The lowest BCUT2D eigenvalue weighted by Crippen LogP contribution is -2.63. The Balaban J connectivity index is 0.887. The van der Waals surface area contributed by atoms with Crippen LogP contribution in [0.25, 0.3) is 0 Å². The molecule has 16 atom stereocenters. The van der Waals surface area contributed by atoms with Gasteiger partial charge < -0.3 is 77.2 Å². The molecule has 4 fully saturated rings. The van der Waals surface area contributed by atoms with Gasteiger partial charge in [0.2, 0.25) is 23.6 Å². The van der Waals surface area contributed by atoms with E-state index >= 15 is 0 Å². The van der Waals surface area contributed by atoms with E-state index < -0.39 is 156 Å². The van der Waals surface area contributed by atoms with Gasteiger partial charge in [-0.25, -0.2) is 19.2 Å². The minimum atomic E-state index is -1.90. The summed E-state index contributed by atoms with van der Waals surface area (Å²) in [5.41, 5.74) is -2.54.